The van der Waals surface area contributed by atoms with E-state index in [4.69, 9.17) is 4.42 Å². The Balaban J connectivity index is 1.50. The Morgan fingerprint density at radius 1 is 1.28 bits per heavy atom. The van der Waals surface area contributed by atoms with Gasteiger partial charge in [0, 0.05) is 31.3 Å². The number of nitrogens with one attached hydrogen (secondary N) is 1. The van der Waals surface area contributed by atoms with Crippen molar-refractivity contribution in [2.45, 2.75) is 32.4 Å². The summed E-state index contributed by atoms with van der Waals surface area (Å²) in [5.41, 5.74) is 0.422. The van der Waals surface area contributed by atoms with Gasteiger partial charge in [-0.2, -0.15) is 5.10 Å². The molecule has 0 saturated carbocycles. The molecule has 3 aromatic rings. The fourth-order valence-corrected chi connectivity index (χ4v) is 2.64. The molecule has 0 radical (unpaired) electrons. The third-order valence-corrected chi connectivity index (χ3v) is 3.83. The first kappa shape index (κ1) is 17.0. The van der Waals surface area contributed by atoms with Gasteiger partial charge in [-0.1, -0.05) is 12.1 Å². The van der Waals surface area contributed by atoms with E-state index in [1.165, 1.54) is 6.07 Å². The molecule has 0 unspecified atom stereocenters. The Morgan fingerprint density at radius 3 is 2.88 bits per heavy atom. The number of rotatable bonds is 7. The molecule has 25 heavy (non-hydrogen) atoms. The van der Waals surface area contributed by atoms with Crippen molar-refractivity contribution >= 4 is 5.91 Å². The van der Waals surface area contributed by atoms with E-state index in [9.17, 15) is 9.18 Å². The van der Waals surface area contributed by atoms with E-state index in [1.54, 1.807) is 41.2 Å². The van der Waals surface area contributed by atoms with E-state index in [1.807, 2.05) is 19.2 Å². The second-order valence-corrected chi connectivity index (χ2v) is 5.94. The summed E-state index contributed by atoms with van der Waals surface area (Å²) in [5.74, 6) is 0.755. The van der Waals surface area contributed by atoms with Crippen LogP contribution in [0, 0.1) is 5.82 Å². The van der Waals surface area contributed by atoms with Crippen LogP contribution < -0.4 is 5.32 Å². The number of nitrogens with zero attached hydrogens (tertiary/aromatic N) is 2. The predicted octanol–water partition coefficient (Wildman–Crippen LogP) is 3.42. The average Bonchev–Trinajstić information content (AvgIpc) is 3.25. The van der Waals surface area contributed by atoms with Crippen molar-refractivity contribution in [1.29, 1.82) is 0 Å². The summed E-state index contributed by atoms with van der Waals surface area (Å²) in [4.78, 5) is 12.0. The lowest BCUT2D eigenvalue weighted by atomic mass is 10.1. The van der Waals surface area contributed by atoms with Crippen LogP contribution in [-0.2, 0) is 17.8 Å². The van der Waals surface area contributed by atoms with Gasteiger partial charge >= 0.3 is 0 Å². The fourth-order valence-electron chi connectivity index (χ4n) is 2.64. The third kappa shape index (κ3) is 4.56. The van der Waals surface area contributed by atoms with Gasteiger partial charge in [-0.15, -0.1) is 0 Å². The summed E-state index contributed by atoms with van der Waals surface area (Å²) in [6.07, 6.45) is 4.34. The normalized spacial score (nSPS) is 12.1. The lowest BCUT2D eigenvalue weighted by Crippen LogP contribution is -2.35. The summed E-state index contributed by atoms with van der Waals surface area (Å²) in [6.45, 7) is 2.56. The highest BCUT2D eigenvalue weighted by Crippen LogP contribution is 2.25. The van der Waals surface area contributed by atoms with Gasteiger partial charge in [0.1, 0.15) is 17.3 Å². The molecule has 1 N–H and O–H groups in total. The number of hydrogen-bond acceptors (Lipinski definition) is 3. The van der Waals surface area contributed by atoms with Gasteiger partial charge in [-0.25, -0.2) is 4.39 Å². The molecule has 0 aliphatic rings. The minimum atomic E-state index is -0.325. The largest absolute Gasteiger partial charge is 0.461 e. The van der Waals surface area contributed by atoms with Crippen molar-refractivity contribution in [3.05, 3.63) is 66.4 Å². The molecule has 1 amide bonds. The Bertz CT molecular complexity index is 827. The zero-order valence-corrected chi connectivity index (χ0v) is 14.0. The molecular formula is C19H20FN3O2. The lowest BCUT2D eigenvalue weighted by Gasteiger charge is -2.13. The number of aromatic nitrogens is 2. The Labute approximate surface area is 145 Å². The average molecular weight is 341 g/mol. The van der Waals surface area contributed by atoms with E-state index in [2.05, 4.69) is 10.4 Å². The molecule has 0 saturated heterocycles. The minimum Gasteiger partial charge on any atom is -0.461 e. The highest BCUT2D eigenvalue weighted by atomic mass is 19.1. The zero-order valence-electron chi connectivity index (χ0n) is 14.0. The maximum absolute atomic E-state index is 13.8. The van der Waals surface area contributed by atoms with E-state index >= 15 is 0 Å². The quantitative estimate of drug-likeness (QED) is 0.716. The number of benzene rings is 1. The van der Waals surface area contributed by atoms with Crippen LogP contribution in [0.4, 0.5) is 4.39 Å². The second-order valence-electron chi connectivity index (χ2n) is 5.94. The standard InChI is InChI=1S/C19H20FN3O2/c1-14(13-23-12-4-11-21-23)22-19(24)10-8-15-7-9-18(25-15)16-5-2-3-6-17(16)20/h2-7,9,11-12,14H,8,10,13H2,1H3,(H,22,24)/t14-/m1/s1. The zero-order chi connectivity index (χ0) is 17.6. The first-order chi connectivity index (χ1) is 12.1. The molecule has 0 aliphatic carbocycles. The second kappa shape index (κ2) is 7.79. The Kier molecular flexibility index (Phi) is 5.28. The van der Waals surface area contributed by atoms with Gasteiger partial charge in [0.05, 0.1) is 12.1 Å². The van der Waals surface area contributed by atoms with Gasteiger partial charge < -0.3 is 9.73 Å². The predicted molar refractivity (Wildman–Crippen MR) is 92.3 cm³/mol. The smallest absolute Gasteiger partial charge is 0.220 e. The van der Waals surface area contributed by atoms with Crippen molar-refractivity contribution in [3.63, 3.8) is 0 Å². The first-order valence-corrected chi connectivity index (χ1v) is 8.22. The molecule has 1 atom stereocenters. The van der Waals surface area contributed by atoms with Crippen molar-refractivity contribution in [1.82, 2.24) is 15.1 Å². The van der Waals surface area contributed by atoms with Crippen molar-refractivity contribution in [3.8, 4) is 11.3 Å². The molecule has 3 rings (SSSR count). The molecule has 0 fully saturated rings. The van der Waals surface area contributed by atoms with Gasteiger partial charge in [-0.05, 0) is 37.3 Å². The fraction of sp³-hybridized carbons (Fsp3) is 0.263. The van der Waals surface area contributed by atoms with Crippen molar-refractivity contribution in [2.75, 3.05) is 0 Å². The Hall–Kier alpha value is -2.89. The van der Waals surface area contributed by atoms with E-state index in [0.29, 0.717) is 36.5 Å². The summed E-state index contributed by atoms with van der Waals surface area (Å²) in [6, 6.07) is 11.8. The number of amides is 1. The van der Waals surface area contributed by atoms with Crippen molar-refractivity contribution < 1.29 is 13.6 Å². The molecule has 6 heteroatoms. The Morgan fingerprint density at radius 2 is 2.12 bits per heavy atom. The number of hydrogen-bond donors (Lipinski definition) is 1. The number of aryl methyl sites for hydroxylation is 1. The van der Waals surface area contributed by atoms with E-state index < -0.39 is 0 Å². The molecule has 2 aromatic heterocycles. The summed E-state index contributed by atoms with van der Waals surface area (Å²) < 4.78 is 21.2. The van der Waals surface area contributed by atoms with Gasteiger partial charge in [0.15, 0.2) is 0 Å². The molecule has 5 nitrogen and oxygen atoms in total. The molecule has 130 valence electrons. The van der Waals surface area contributed by atoms with E-state index in [-0.39, 0.29) is 17.8 Å². The topological polar surface area (TPSA) is 60.1 Å². The van der Waals surface area contributed by atoms with Crippen molar-refractivity contribution in [2.24, 2.45) is 0 Å². The summed E-state index contributed by atoms with van der Waals surface area (Å²) in [7, 11) is 0. The van der Waals surface area contributed by atoms with Crippen LogP contribution in [0.25, 0.3) is 11.3 Å². The molecule has 0 aliphatic heterocycles. The van der Waals surface area contributed by atoms with E-state index in [0.717, 1.165) is 0 Å². The van der Waals surface area contributed by atoms with Gasteiger partial charge in [-0.3, -0.25) is 9.48 Å². The van der Waals surface area contributed by atoms with Gasteiger partial charge in [0.2, 0.25) is 5.91 Å². The lowest BCUT2D eigenvalue weighted by molar-refractivity contribution is -0.121. The molecule has 1 aromatic carbocycles. The van der Waals surface area contributed by atoms with Gasteiger partial charge in [0.25, 0.3) is 0 Å². The molecule has 2 heterocycles. The number of halogens is 1. The number of furan rings is 1. The maximum atomic E-state index is 13.8. The van der Waals surface area contributed by atoms with Crippen LogP contribution in [-0.4, -0.2) is 21.7 Å². The van der Waals surface area contributed by atoms with Crippen LogP contribution in [0.5, 0.6) is 0 Å². The van der Waals surface area contributed by atoms with Crippen LogP contribution in [0.15, 0.2) is 59.3 Å². The SMILES string of the molecule is C[C@H](Cn1cccn1)NC(=O)CCc1ccc(-c2ccccc2F)o1. The third-order valence-electron chi connectivity index (χ3n) is 3.83. The molecule has 0 bridgehead atoms. The highest BCUT2D eigenvalue weighted by molar-refractivity contribution is 5.76. The minimum absolute atomic E-state index is 0.0158. The van der Waals surface area contributed by atoms with Crippen LogP contribution >= 0.6 is 0 Å². The highest BCUT2D eigenvalue weighted by Gasteiger charge is 2.12. The first-order valence-electron chi connectivity index (χ1n) is 8.22. The summed E-state index contributed by atoms with van der Waals surface area (Å²) >= 11 is 0. The van der Waals surface area contributed by atoms with Crippen LogP contribution in [0.3, 0.4) is 0 Å². The van der Waals surface area contributed by atoms with Crippen LogP contribution in [0.1, 0.15) is 19.1 Å². The van der Waals surface area contributed by atoms with Crippen LogP contribution in [0.2, 0.25) is 0 Å². The molecular weight excluding hydrogens is 321 g/mol. The summed E-state index contributed by atoms with van der Waals surface area (Å²) in [5, 5.41) is 7.05. The molecule has 0 spiro atoms. The number of carbonyl (C=O) groups is 1. The monoisotopic (exact) mass is 341 g/mol. The maximum Gasteiger partial charge on any atom is 0.220 e. The number of carbonyl (C=O) groups excluding carboxylic acids is 1.